The standard InChI is InChI=1S/C7H12N2OS/c1-4-7-5(3-11-4)8-2-6(10)9-7/h4-5,7-8H,2-3H2,1H3,(H,9,10)/t4?,5-,7+/m0/s1. The van der Waals surface area contributed by atoms with Gasteiger partial charge in [-0.2, -0.15) is 11.8 Å². The summed E-state index contributed by atoms with van der Waals surface area (Å²) in [5.41, 5.74) is 0. The number of rotatable bonds is 0. The maximum atomic E-state index is 11.0. The lowest BCUT2D eigenvalue weighted by Gasteiger charge is -2.28. The molecule has 62 valence electrons. The second-order valence-corrected chi connectivity index (χ2v) is 4.53. The van der Waals surface area contributed by atoms with E-state index in [-0.39, 0.29) is 5.91 Å². The molecule has 2 aliphatic heterocycles. The van der Waals surface area contributed by atoms with Crippen molar-refractivity contribution in [1.29, 1.82) is 0 Å². The molecule has 0 bridgehead atoms. The van der Waals surface area contributed by atoms with Crippen LogP contribution >= 0.6 is 11.8 Å². The van der Waals surface area contributed by atoms with Gasteiger partial charge < -0.3 is 10.6 Å². The Morgan fingerprint density at radius 1 is 1.64 bits per heavy atom. The van der Waals surface area contributed by atoms with Crippen LogP contribution in [0.4, 0.5) is 0 Å². The van der Waals surface area contributed by atoms with E-state index < -0.39 is 0 Å². The molecule has 2 aliphatic rings. The maximum absolute atomic E-state index is 11.0. The van der Waals surface area contributed by atoms with E-state index in [1.54, 1.807) is 0 Å². The molecule has 0 aromatic carbocycles. The zero-order valence-electron chi connectivity index (χ0n) is 6.46. The molecule has 0 aliphatic carbocycles. The predicted octanol–water partition coefficient (Wildman–Crippen LogP) is -0.422. The van der Waals surface area contributed by atoms with Crippen LogP contribution in [0.3, 0.4) is 0 Å². The molecule has 3 nitrogen and oxygen atoms in total. The number of carbonyl (C=O) groups excluding carboxylic acids is 1. The third kappa shape index (κ3) is 1.25. The largest absolute Gasteiger partial charge is 0.350 e. The number of nitrogens with one attached hydrogen (secondary N) is 2. The topological polar surface area (TPSA) is 41.1 Å². The van der Waals surface area contributed by atoms with Crippen molar-refractivity contribution in [3.05, 3.63) is 0 Å². The van der Waals surface area contributed by atoms with Crippen molar-refractivity contribution in [2.45, 2.75) is 24.3 Å². The number of thioether (sulfide) groups is 1. The van der Waals surface area contributed by atoms with Crippen LogP contribution in [0.15, 0.2) is 0 Å². The first-order valence-electron chi connectivity index (χ1n) is 3.92. The Bertz CT molecular complexity index is 185. The van der Waals surface area contributed by atoms with Gasteiger partial charge in [0.1, 0.15) is 0 Å². The molecular formula is C7H12N2OS. The Kier molecular flexibility index (Phi) is 1.81. The molecule has 0 radical (unpaired) electrons. The van der Waals surface area contributed by atoms with Crippen LogP contribution in [0.25, 0.3) is 0 Å². The van der Waals surface area contributed by atoms with Gasteiger partial charge in [0.15, 0.2) is 0 Å². The fourth-order valence-corrected chi connectivity index (χ4v) is 2.96. The predicted molar refractivity (Wildman–Crippen MR) is 45.6 cm³/mol. The fourth-order valence-electron chi connectivity index (χ4n) is 1.65. The van der Waals surface area contributed by atoms with Gasteiger partial charge in [0, 0.05) is 17.0 Å². The summed E-state index contributed by atoms with van der Waals surface area (Å²) in [7, 11) is 0. The Balaban J connectivity index is 2.07. The lowest BCUT2D eigenvalue weighted by Crippen LogP contribution is -2.59. The van der Waals surface area contributed by atoms with E-state index in [2.05, 4.69) is 17.6 Å². The van der Waals surface area contributed by atoms with Crippen molar-refractivity contribution in [2.24, 2.45) is 0 Å². The van der Waals surface area contributed by atoms with Crippen molar-refractivity contribution in [3.63, 3.8) is 0 Å². The Morgan fingerprint density at radius 2 is 2.45 bits per heavy atom. The van der Waals surface area contributed by atoms with Crippen LogP contribution in [0.2, 0.25) is 0 Å². The molecule has 0 spiro atoms. The van der Waals surface area contributed by atoms with E-state index in [9.17, 15) is 4.79 Å². The Morgan fingerprint density at radius 3 is 3.27 bits per heavy atom. The molecule has 2 N–H and O–H groups in total. The van der Waals surface area contributed by atoms with Gasteiger partial charge >= 0.3 is 0 Å². The third-order valence-corrected chi connectivity index (χ3v) is 3.70. The van der Waals surface area contributed by atoms with Gasteiger partial charge in [0.05, 0.1) is 12.6 Å². The van der Waals surface area contributed by atoms with Crippen LogP contribution in [-0.2, 0) is 4.79 Å². The zero-order valence-corrected chi connectivity index (χ0v) is 7.28. The van der Waals surface area contributed by atoms with Gasteiger partial charge in [-0.25, -0.2) is 0 Å². The van der Waals surface area contributed by atoms with Gasteiger partial charge in [-0.1, -0.05) is 6.92 Å². The van der Waals surface area contributed by atoms with Crippen LogP contribution < -0.4 is 10.6 Å². The number of amides is 1. The van der Waals surface area contributed by atoms with Crippen molar-refractivity contribution in [3.8, 4) is 0 Å². The fraction of sp³-hybridized carbons (Fsp3) is 0.857. The highest BCUT2D eigenvalue weighted by molar-refractivity contribution is 8.00. The minimum Gasteiger partial charge on any atom is -0.350 e. The van der Waals surface area contributed by atoms with Gasteiger partial charge in [0.25, 0.3) is 0 Å². The highest BCUT2D eigenvalue weighted by atomic mass is 32.2. The lowest BCUT2D eigenvalue weighted by molar-refractivity contribution is -0.122. The summed E-state index contributed by atoms with van der Waals surface area (Å²) >= 11 is 1.93. The van der Waals surface area contributed by atoms with Crippen molar-refractivity contribution >= 4 is 17.7 Å². The van der Waals surface area contributed by atoms with Gasteiger partial charge in [-0.05, 0) is 0 Å². The van der Waals surface area contributed by atoms with Gasteiger partial charge in [0.2, 0.25) is 5.91 Å². The summed E-state index contributed by atoms with van der Waals surface area (Å²) in [6.45, 7) is 2.66. The number of piperazine rings is 1. The molecule has 1 unspecified atom stereocenters. The van der Waals surface area contributed by atoms with Crippen molar-refractivity contribution in [2.75, 3.05) is 12.3 Å². The normalized spacial score (nSPS) is 43.4. The molecule has 3 atom stereocenters. The van der Waals surface area contributed by atoms with E-state index in [0.29, 0.717) is 23.9 Å². The Hall–Kier alpha value is -0.220. The highest BCUT2D eigenvalue weighted by Crippen LogP contribution is 2.27. The minimum atomic E-state index is 0.139. The lowest BCUT2D eigenvalue weighted by atomic mass is 10.1. The number of hydrogen-bond acceptors (Lipinski definition) is 3. The minimum absolute atomic E-state index is 0.139. The van der Waals surface area contributed by atoms with E-state index >= 15 is 0 Å². The zero-order chi connectivity index (χ0) is 7.84. The summed E-state index contributed by atoms with van der Waals surface area (Å²) in [5, 5.41) is 6.80. The highest BCUT2D eigenvalue weighted by Gasteiger charge is 2.37. The molecule has 2 rings (SSSR count). The summed E-state index contributed by atoms with van der Waals surface area (Å²) < 4.78 is 0. The molecule has 0 aromatic heterocycles. The van der Waals surface area contributed by atoms with Gasteiger partial charge in [-0.3, -0.25) is 4.79 Å². The van der Waals surface area contributed by atoms with E-state index in [1.807, 2.05) is 11.8 Å². The number of carbonyl (C=O) groups is 1. The van der Waals surface area contributed by atoms with Crippen LogP contribution in [0.5, 0.6) is 0 Å². The SMILES string of the molecule is CC1SC[C@@H]2NCC(=O)N[C@H]12. The summed E-state index contributed by atoms with van der Waals surface area (Å²) in [6, 6.07) is 0.869. The Labute approximate surface area is 70.3 Å². The summed E-state index contributed by atoms with van der Waals surface area (Å²) in [6.07, 6.45) is 0. The summed E-state index contributed by atoms with van der Waals surface area (Å²) in [5.74, 6) is 1.27. The molecule has 2 saturated heterocycles. The summed E-state index contributed by atoms with van der Waals surface area (Å²) in [4.78, 5) is 11.0. The monoisotopic (exact) mass is 172 g/mol. The maximum Gasteiger partial charge on any atom is 0.234 e. The van der Waals surface area contributed by atoms with Crippen LogP contribution in [0, 0.1) is 0 Å². The average Bonchev–Trinajstić information content (AvgIpc) is 2.33. The first-order chi connectivity index (χ1) is 5.27. The first-order valence-corrected chi connectivity index (χ1v) is 4.96. The van der Waals surface area contributed by atoms with Crippen molar-refractivity contribution < 1.29 is 4.79 Å². The molecule has 0 aromatic rings. The average molecular weight is 172 g/mol. The smallest absolute Gasteiger partial charge is 0.234 e. The first kappa shape index (κ1) is 7.43. The molecule has 11 heavy (non-hydrogen) atoms. The van der Waals surface area contributed by atoms with E-state index in [1.165, 1.54) is 0 Å². The molecule has 2 heterocycles. The van der Waals surface area contributed by atoms with Gasteiger partial charge in [-0.15, -0.1) is 0 Å². The van der Waals surface area contributed by atoms with Crippen molar-refractivity contribution in [1.82, 2.24) is 10.6 Å². The molecule has 1 amide bonds. The number of fused-ring (bicyclic) bond motifs is 1. The second-order valence-electron chi connectivity index (χ2n) is 3.12. The quantitative estimate of drug-likeness (QED) is 0.521. The molecule has 0 saturated carbocycles. The second kappa shape index (κ2) is 2.68. The van der Waals surface area contributed by atoms with E-state index in [0.717, 1.165) is 5.75 Å². The molecule has 2 fully saturated rings. The third-order valence-electron chi connectivity index (χ3n) is 2.33. The molecule has 4 heteroatoms. The van der Waals surface area contributed by atoms with Crippen LogP contribution in [0.1, 0.15) is 6.92 Å². The number of hydrogen-bond donors (Lipinski definition) is 2. The molecular weight excluding hydrogens is 160 g/mol. The van der Waals surface area contributed by atoms with E-state index in [4.69, 9.17) is 0 Å². The van der Waals surface area contributed by atoms with Crippen LogP contribution in [-0.4, -0.2) is 35.5 Å².